The first-order valence-corrected chi connectivity index (χ1v) is 9.48. The van der Waals surface area contributed by atoms with Crippen molar-refractivity contribution in [2.75, 3.05) is 6.61 Å². The van der Waals surface area contributed by atoms with E-state index in [1.807, 2.05) is 24.3 Å². The number of carboxylic acid groups (broad SMARTS) is 1. The van der Waals surface area contributed by atoms with Crippen LogP contribution in [0.25, 0.3) is 11.1 Å². The molecule has 2 aliphatic carbocycles. The maximum absolute atomic E-state index is 12.3. The summed E-state index contributed by atoms with van der Waals surface area (Å²) in [5.41, 5.74) is 4.78. The summed E-state index contributed by atoms with van der Waals surface area (Å²) >= 11 is 0. The maximum Gasteiger partial charge on any atom is 0.407 e. The fourth-order valence-electron chi connectivity index (χ4n) is 4.29. The van der Waals surface area contributed by atoms with Crippen molar-refractivity contribution in [2.24, 2.45) is 5.92 Å². The molecule has 0 atom stereocenters. The number of rotatable bonds is 4. The van der Waals surface area contributed by atoms with Crippen LogP contribution in [0.1, 0.15) is 42.7 Å². The Balaban J connectivity index is 1.37. The van der Waals surface area contributed by atoms with Gasteiger partial charge in [-0.25, -0.2) is 4.79 Å². The average Bonchev–Trinajstić information content (AvgIpc) is 3.01. The summed E-state index contributed by atoms with van der Waals surface area (Å²) in [6.45, 7) is 0.296. The van der Waals surface area contributed by atoms with Crippen LogP contribution in [-0.2, 0) is 9.53 Å². The van der Waals surface area contributed by atoms with Crippen LogP contribution in [0.5, 0.6) is 0 Å². The lowest BCUT2D eigenvalue weighted by atomic mass is 9.86. The van der Waals surface area contributed by atoms with Crippen LogP contribution in [0.4, 0.5) is 4.79 Å². The van der Waals surface area contributed by atoms with Crippen molar-refractivity contribution in [3.63, 3.8) is 0 Å². The predicted molar refractivity (Wildman–Crippen MR) is 102 cm³/mol. The Labute approximate surface area is 158 Å². The van der Waals surface area contributed by atoms with E-state index in [-0.39, 0.29) is 17.9 Å². The summed E-state index contributed by atoms with van der Waals surface area (Å²) in [4.78, 5) is 23.3. The number of benzene rings is 2. The van der Waals surface area contributed by atoms with Gasteiger partial charge in [-0.3, -0.25) is 4.79 Å². The number of hydrogen-bond acceptors (Lipinski definition) is 3. The number of fused-ring (bicyclic) bond motifs is 3. The Kier molecular flexibility index (Phi) is 4.84. The van der Waals surface area contributed by atoms with E-state index in [1.165, 1.54) is 22.3 Å². The average molecular weight is 365 g/mol. The van der Waals surface area contributed by atoms with Gasteiger partial charge in [0, 0.05) is 12.0 Å². The van der Waals surface area contributed by atoms with Gasteiger partial charge in [0.15, 0.2) is 0 Å². The van der Waals surface area contributed by atoms with Gasteiger partial charge in [0.1, 0.15) is 6.61 Å². The minimum atomic E-state index is -0.741. The second-order valence-corrected chi connectivity index (χ2v) is 7.36. The molecule has 0 unspecified atom stereocenters. The molecule has 0 radical (unpaired) electrons. The number of carbonyl (C=O) groups excluding carboxylic acids is 1. The van der Waals surface area contributed by atoms with E-state index in [9.17, 15) is 9.59 Å². The standard InChI is InChI=1S/C22H23NO4/c24-21(25)14-9-11-15(12-10-14)23-22(26)27-13-20-18-7-3-1-5-16(18)17-6-2-4-8-19(17)20/h1-8,14-15,20H,9-13H2,(H,23,26)(H,24,25)/t14-,15-. The molecule has 2 aliphatic rings. The van der Waals surface area contributed by atoms with E-state index in [0.717, 1.165) is 0 Å². The van der Waals surface area contributed by atoms with Gasteiger partial charge in [-0.05, 0) is 47.9 Å². The second kappa shape index (κ2) is 7.43. The van der Waals surface area contributed by atoms with Crippen LogP contribution in [0, 0.1) is 5.92 Å². The molecule has 0 aromatic heterocycles. The first-order valence-electron chi connectivity index (χ1n) is 9.48. The Morgan fingerprint density at radius 3 is 2.04 bits per heavy atom. The van der Waals surface area contributed by atoms with E-state index in [1.54, 1.807) is 0 Å². The number of carboxylic acids is 1. The Morgan fingerprint density at radius 1 is 0.926 bits per heavy atom. The van der Waals surface area contributed by atoms with Gasteiger partial charge in [0.2, 0.25) is 0 Å². The SMILES string of the molecule is O=C(N[C@H]1CC[C@H](C(=O)O)CC1)OCC1c2ccccc2-c2ccccc21. The van der Waals surface area contributed by atoms with Gasteiger partial charge in [-0.15, -0.1) is 0 Å². The normalized spacial score (nSPS) is 21.2. The number of alkyl carbamates (subject to hydrolysis) is 1. The highest BCUT2D eigenvalue weighted by Gasteiger charge is 2.30. The van der Waals surface area contributed by atoms with Crippen molar-refractivity contribution in [2.45, 2.75) is 37.6 Å². The summed E-state index contributed by atoms with van der Waals surface area (Å²) < 4.78 is 5.55. The highest BCUT2D eigenvalue weighted by atomic mass is 16.5. The molecule has 140 valence electrons. The van der Waals surface area contributed by atoms with Gasteiger partial charge in [-0.1, -0.05) is 48.5 Å². The summed E-state index contributed by atoms with van der Waals surface area (Å²) in [5.74, 6) is -0.981. The minimum Gasteiger partial charge on any atom is -0.481 e. The zero-order chi connectivity index (χ0) is 18.8. The van der Waals surface area contributed by atoms with Crippen LogP contribution in [0.2, 0.25) is 0 Å². The molecule has 0 spiro atoms. The minimum absolute atomic E-state index is 0.00347. The molecule has 4 rings (SSSR count). The molecule has 0 bridgehead atoms. The van der Waals surface area contributed by atoms with Gasteiger partial charge in [-0.2, -0.15) is 0 Å². The molecule has 1 fully saturated rings. The van der Waals surface area contributed by atoms with E-state index >= 15 is 0 Å². The molecular formula is C22H23NO4. The van der Waals surface area contributed by atoms with E-state index in [4.69, 9.17) is 9.84 Å². The van der Waals surface area contributed by atoms with E-state index in [0.29, 0.717) is 32.3 Å². The van der Waals surface area contributed by atoms with Crippen molar-refractivity contribution >= 4 is 12.1 Å². The molecule has 0 heterocycles. The second-order valence-electron chi connectivity index (χ2n) is 7.36. The Morgan fingerprint density at radius 2 is 1.48 bits per heavy atom. The van der Waals surface area contributed by atoms with Crippen molar-refractivity contribution in [3.8, 4) is 11.1 Å². The summed E-state index contributed by atoms with van der Waals surface area (Å²) in [6, 6.07) is 16.5. The van der Waals surface area contributed by atoms with Crippen LogP contribution in [0.15, 0.2) is 48.5 Å². The molecule has 2 aromatic carbocycles. The van der Waals surface area contributed by atoms with Crippen LogP contribution >= 0.6 is 0 Å². The van der Waals surface area contributed by atoms with Crippen molar-refractivity contribution in [3.05, 3.63) is 59.7 Å². The third-order valence-electron chi connectivity index (χ3n) is 5.74. The van der Waals surface area contributed by atoms with Crippen LogP contribution in [-0.4, -0.2) is 29.8 Å². The molecule has 2 aromatic rings. The smallest absolute Gasteiger partial charge is 0.407 e. The van der Waals surface area contributed by atoms with Crippen molar-refractivity contribution in [1.29, 1.82) is 0 Å². The van der Waals surface area contributed by atoms with E-state index < -0.39 is 12.1 Å². The predicted octanol–water partition coefficient (Wildman–Crippen LogP) is 4.17. The number of hydrogen-bond donors (Lipinski definition) is 2. The third-order valence-corrected chi connectivity index (χ3v) is 5.74. The van der Waals surface area contributed by atoms with Gasteiger partial charge < -0.3 is 15.2 Å². The third kappa shape index (κ3) is 3.54. The molecule has 1 amide bonds. The fraction of sp³-hybridized carbons (Fsp3) is 0.364. The summed E-state index contributed by atoms with van der Waals surface area (Å²) in [6.07, 6.45) is 2.14. The molecule has 1 saturated carbocycles. The number of carbonyl (C=O) groups is 2. The Bertz CT molecular complexity index is 809. The maximum atomic E-state index is 12.3. The van der Waals surface area contributed by atoms with Crippen molar-refractivity contribution < 1.29 is 19.4 Å². The first-order chi connectivity index (χ1) is 13.1. The van der Waals surface area contributed by atoms with Gasteiger partial charge >= 0.3 is 12.1 Å². The largest absolute Gasteiger partial charge is 0.481 e. The first kappa shape index (κ1) is 17.6. The molecule has 5 heteroatoms. The van der Waals surface area contributed by atoms with Gasteiger partial charge in [0.25, 0.3) is 0 Å². The lowest BCUT2D eigenvalue weighted by Crippen LogP contribution is -2.39. The summed E-state index contributed by atoms with van der Waals surface area (Å²) in [5, 5.41) is 12.0. The van der Waals surface area contributed by atoms with Gasteiger partial charge in [0.05, 0.1) is 5.92 Å². The zero-order valence-corrected chi connectivity index (χ0v) is 15.1. The topological polar surface area (TPSA) is 75.6 Å². The molecule has 0 aliphatic heterocycles. The van der Waals surface area contributed by atoms with Crippen LogP contribution < -0.4 is 5.32 Å². The zero-order valence-electron chi connectivity index (χ0n) is 15.1. The molecular weight excluding hydrogens is 342 g/mol. The quantitative estimate of drug-likeness (QED) is 0.853. The fourth-order valence-corrected chi connectivity index (χ4v) is 4.29. The molecule has 5 nitrogen and oxygen atoms in total. The lowest BCUT2D eigenvalue weighted by Gasteiger charge is -2.26. The molecule has 27 heavy (non-hydrogen) atoms. The number of nitrogens with one attached hydrogen (secondary N) is 1. The highest BCUT2D eigenvalue weighted by molar-refractivity contribution is 5.79. The van der Waals surface area contributed by atoms with Crippen molar-refractivity contribution in [1.82, 2.24) is 5.32 Å². The van der Waals surface area contributed by atoms with Crippen LogP contribution in [0.3, 0.4) is 0 Å². The molecule has 2 N–H and O–H groups in total. The number of amides is 1. The number of ether oxygens (including phenoxy) is 1. The summed E-state index contributed by atoms with van der Waals surface area (Å²) in [7, 11) is 0. The molecule has 0 saturated heterocycles. The monoisotopic (exact) mass is 365 g/mol. The number of aliphatic carboxylic acids is 1. The lowest BCUT2D eigenvalue weighted by molar-refractivity contribution is -0.142. The van der Waals surface area contributed by atoms with E-state index in [2.05, 4.69) is 29.6 Å². The Hall–Kier alpha value is -2.82. The highest BCUT2D eigenvalue weighted by Crippen LogP contribution is 2.44.